The van der Waals surface area contributed by atoms with Gasteiger partial charge in [-0.25, -0.2) is 0 Å². The van der Waals surface area contributed by atoms with Crippen molar-refractivity contribution in [3.63, 3.8) is 0 Å². The van der Waals surface area contributed by atoms with Gasteiger partial charge >= 0.3 is 0 Å². The summed E-state index contributed by atoms with van der Waals surface area (Å²) in [7, 11) is 0. The van der Waals surface area contributed by atoms with Gasteiger partial charge in [0.25, 0.3) is 0 Å². The maximum Gasteiger partial charge on any atom is 0.229 e. The predicted molar refractivity (Wildman–Crippen MR) is 84.0 cm³/mol. The van der Waals surface area contributed by atoms with Gasteiger partial charge in [0.1, 0.15) is 0 Å². The van der Waals surface area contributed by atoms with E-state index in [0.717, 1.165) is 24.2 Å². The van der Waals surface area contributed by atoms with Crippen molar-refractivity contribution in [3.8, 4) is 0 Å². The minimum absolute atomic E-state index is 0.0458. The SMILES string of the molecule is CCc1ccccc1NC(=O)C1CC(=O)N(CC(C)C)C1. The lowest BCUT2D eigenvalue weighted by molar-refractivity contribution is -0.128. The molecule has 0 saturated carbocycles. The Morgan fingerprint density at radius 1 is 1.38 bits per heavy atom. The molecule has 1 fully saturated rings. The third-order valence-corrected chi connectivity index (χ3v) is 3.83. The summed E-state index contributed by atoms with van der Waals surface area (Å²) >= 11 is 0. The first kappa shape index (κ1) is 15.5. The van der Waals surface area contributed by atoms with Crippen molar-refractivity contribution < 1.29 is 9.59 Å². The summed E-state index contributed by atoms with van der Waals surface area (Å²) in [6, 6.07) is 7.82. The van der Waals surface area contributed by atoms with E-state index < -0.39 is 0 Å². The normalized spacial score (nSPS) is 18.4. The third-order valence-electron chi connectivity index (χ3n) is 3.83. The van der Waals surface area contributed by atoms with Crippen LogP contribution >= 0.6 is 0 Å². The van der Waals surface area contributed by atoms with E-state index in [-0.39, 0.29) is 17.7 Å². The lowest BCUT2D eigenvalue weighted by atomic mass is 10.1. The first-order chi connectivity index (χ1) is 10.0. The van der Waals surface area contributed by atoms with Crippen molar-refractivity contribution in [2.24, 2.45) is 11.8 Å². The first-order valence-electron chi connectivity index (χ1n) is 7.67. The second-order valence-electron chi connectivity index (χ2n) is 6.09. The first-order valence-corrected chi connectivity index (χ1v) is 7.67. The molecule has 1 aromatic rings. The largest absolute Gasteiger partial charge is 0.342 e. The van der Waals surface area contributed by atoms with E-state index >= 15 is 0 Å². The molecule has 0 aliphatic carbocycles. The highest BCUT2D eigenvalue weighted by Crippen LogP contribution is 2.22. The van der Waals surface area contributed by atoms with Gasteiger partial charge in [-0.3, -0.25) is 9.59 Å². The van der Waals surface area contributed by atoms with Crippen LogP contribution in [0.15, 0.2) is 24.3 Å². The standard InChI is InChI=1S/C17H24N2O2/c1-4-13-7-5-6-8-15(13)18-17(21)14-9-16(20)19(11-14)10-12(2)3/h5-8,12,14H,4,9-11H2,1-3H3,(H,18,21). The molecule has 21 heavy (non-hydrogen) atoms. The van der Waals surface area contributed by atoms with Gasteiger partial charge in [-0.2, -0.15) is 0 Å². The molecule has 1 heterocycles. The fourth-order valence-corrected chi connectivity index (χ4v) is 2.75. The smallest absolute Gasteiger partial charge is 0.229 e. The lowest BCUT2D eigenvalue weighted by Gasteiger charge is -2.19. The molecule has 4 heteroatoms. The minimum atomic E-state index is -0.235. The maximum atomic E-state index is 12.4. The maximum absolute atomic E-state index is 12.4. The number of rotatable bonds is 5. The number of anilines is 1. The van der Waals surface area contributed by atoms with Crippen LogP contribution in [0.3, 0.4) is 0 Å². The number of hydrogen-bond donors (Lipinski definition) is 1. The molecule has 1 N–H and O–H groups in total. The second-order valence-corrected chi connectivity index (χ2v) is 6.09. The Labute approximate surface area is 126 Å². The fraction of sp³-hybridized carbons (Fsp3) is 0.529. The van der Waals surface area contributed by atoms with Gasteiger partial charge in [0.2, 0.25) is 11.8 Å². The Bertz CT molecular complexity index is 525. The van der Waals surface area contributed by atoms with E-state index in [1.54, 1.807) is 4.90 Å². The Balaban J connectivity index is 2.00. The van der Waals surface area contributed by atoms with E-state index in [1.807, 2.05) is 24.3 Å². The Morgan fingerprint density at radius 2 is 2.10 bits per heavy atom. The molecule has 0 spiro atoms. The average molecular weight is 288 g/mol. The van der Waals surface area contributed by atoms with Crippen LogP contribution in [0.1, 0.15) is 32.8 Å². The molecule has 1 aliphatic rings. The quantitative estimate of drug-likeness (QED) is 0.905. The molecule has 4 nitrogen and oxygen atoms in total. The topological polar surface area (TPSA) is 49.4 Å². The number of amides is 2. The molecule has 2 rings (SSSR count). The molecule has 0 radical (unpaired) electrons. The Kier molecular flexibility index (Phi) is 4.99. The van der Waals surface area contributed by atoms with Crippen molar-refractivity contribution in [3.05, 3.63) is 29.8 Å². The number of benzene rings is 1. The van der Waals surface area contributed by atoms with Crippen LogP contribution in [0.4, 0.5) is 5.69 Å². The number of hydrogen-bond acceptors (Lipinski definition) is 2. The Morgan fingerprint density at radius 3 is 2.76 bits per heavy atom. The molecule has 0 bridgehead atoms. The van der Waals surface area contributed by atoms with Gasteiger partial charge < -0.3 is 10.2 Å². The molecular weight excluding hydrogens is 264 g/mol. The van der Waals surface area contributed by atoms with E-state index in [0.29, 0.717) is 18.9 Å². The van der Waals surface area contributed by atoms with Crippen molar-refractivity contribution in [2.75, 3.05) is 18.4 Å². The highest BCUT2D eigenvalue weighted by molar-refractivity contribution is 5.97. The summed E-state index contributed by atoms with van der Waals surface area (Å²) in [5.41, 5.74) is 1.98. The van der Waals surface area contributed by atoms with Crippen molar-refractivity contribution in [2.45, 2.75) is 33.6 Å². The summed E-state index contributed by atoms with van der Waals surface area (Å²) in [4.78, 5) is 26.1. The number of nitrogens with one attached hydrogen (secondary N) is 1. The summed E-state index contributed by atoms with van der Waals surface area (Å²) < 4.78 is 0. The average Bonchev–Trinajstić information content (AvgIpc) is 2.80. The van der Waals surface area contributed by atoms with Crippen LogP contribution in [-0.2, 0) is 16.0 Å². The van der Waals surface area contributed by atoms with E-state index in [4.69, 9.17) is 0 Å². The number of carbonyl (C=O) groups excluding carboxylic acids is 2. The fourth-order valence-electron chi connectivity index (χ4n) is 2.75. The van der Waals surface area contributed by atoms with Gasteiger partial charge in [0.05, 0.1) is 5.92 Å². The summed E-state index contributed by atoms with van der Waals surface area (Å²) in [6.07, 6.45) is 1.20. The van der Waals surface area contributed by atoms with Crippen molar-refractivity contribution in [1.29, 1.82) is 0 Å². The number of likely N-dealkylation sites (tertiary alicyclic amines) is 1. The zero-order valence-electron chi connectivity index (χ0n) is 13.1. The van der Waals surface area contributed by atoms with Crippen LogP contribution in [0, 0.1) is 11.8 Å². The number of carbonyl (C=O) groups is 2. The number of aryl methyl sites for hydroxylation is 1. The molecule has 1 unspecified atom stereocenters. The second kappa shape index (κ2) is 6.74. The molecule has 0 aromatic heterocycles. The monoisotopic (exact) mass is 288 g/mol. The summed E-state index contributed by atoms with van der Waals surface area (Å²) in [6.45, 7) is 7.50. The van der Waals surface area contributed by atoms with Gasteiger partial charge in [0, 0.05) is 25.2 Å². The van der Waals surface area contributed by atoms with Crippen LogP contribution in [0.2, 0.25) is 0 Å². The summed E-state index contributed by atoms with van der Waals surface area (Å²) in [5, 5.41) is 2.98. The molecule has 1 aliphatic heterocycles. The lowest BCUT2D eigenvalue weighted by Crippen LogP contribution is -2.31. The minimum Gasteiger partial charge on any atom is -0.342 e. The van der Waals surface area contributed by atoms with Gasteiger partial charge in [0.15, 0.2) is 0 Å². The highest BCUT2D eigenvalue weighted by atomic mass is 16.2. The molecule has 114 valence electrons. The number of nitrogens with zero attached hydrogens (tertiary/aromatic N) is 1. The highest BCUT2D eigenvalue weighted by Gasteiger charge is 2.34. The third kappa shape index (κ3) is 3.84. The zero-order valence-corrected chi connectivity index (χ0v) is 13.1. The molecule has 1 saturated heterocycles. The van der Waals surface area contributed by atoms with Gasteiger partial charge in [-0.1, -0.05) is 39.0 Å². The molecule has 1 aromatic carbocycles. The van der Waals surface area contributed by atoms with E-state index in [9.17, 15) is 9.59 Å². The van der Waals surface area contributed by atoms with Gasteiger partial charge in [-0.15, -0.1) is 0 Å². The van der Waals surface area contributed by atoms with Crippen LogP contribution in [0.5, 0.6) is 0 Å². The zero-order chi connectivity index (χ0) is 15.4. The van der Waals surface area contributed by atoms with Crippen molar-refractivity contribution >= 4 is 17.5 Å². The van der Waals surface area contributed by atoms with Gasteiger partial charge in [-0.05, 0) is 24.0 Å². The van der Waals surface area contributed by atoms with Crippen LogP contribution in [0.25, 0.3) is 0 Å². The summed E-state index contributed by atoms with van der Waals surface area (Å²) in [5.74, 6) is 0.237. The predicted octanol–water partition coefficient (Wildman–Crippen LogP) is 2.69. The molecule has 1 atom stereocenters. The molecular formula is C17H24N2O2. The van der Waals surface area contributed by atoms with E-state index in [1.165, 1.54) is 0 Å². The number of para-hydroxylation sites is 1. The van der Waals surface area contributed by atoms with Crippen LogP contribution < -0.4 is 5.32 Å². The Hall–Kier alpha value is -1.84. The van der Waals surface area contributed by atoms with Crippen LogP contribution in [-0.4, -0.2) is 29.8 Å². The molecule has 2 amide bonds. The van der Waals surface area contributed by atoms with Crippen molar-refractivity contribution in [1.82, 2.24) is 4.90 Å². The van der Waals surface area contributed by atoms with E-state index in [2.05, 4.69) is 26.1 Å².